The topological polar surface area (TPSA) is 86.2 Å². The molecule has 0 fully saturated rings. The van der Waals surface area contributed by atoms with Gasteiger partial charge in [0.2, 0.25) is 0 Å². The van der Waals surface area contributed by atoms with Gasteiger partial charge in [-0.1, -0.05) is 21.3 Å². The molecule has 0 atom stereocenters. The minimum Gasteiger partial charge on any atom is -0.333 e. The lowest BCUT2D eigenvalue weighted by molar-refractivity contribution is 1.02. The van der Waals surface area contributed by atoms with Crippen molar-refractivity contribution >= 4 is 0 Å². The first-order valence-corrected chi connectivity index (χ1v) is 6.58. The fraction of sp³-hybridized carbons (Fsp3) is 1.00. The second-order valence-corrected chi connectivity index (χ2v) is 2.50. The van der Waals surface area contributed by atoms with Gasteiger partial charge in [0.05, 0.1) is 0 Å². The highest BCUT2D eigenvalue weighted by Gasteiger charge is 1.27. The van der Waals surface area contributed by atoms with Crippen LogP contribution < -0.4 is 32.3 Å². The summed E-state index contributed by atoms with van der Waals surface area (Å²) in [4.78, 5) is 0. The lowest BCUT2D eigenvalue weighted by atomic mass is 11.0. The Labute approximate surface area is 132 Å². The second kappa shape index (κ2) is 261. The number of hydrogen-bond donors (Lipinski definition) is 6. The van der Waals surface area contributed by atoms with E-state index in [4.69, 9.17) is 0 Å². The first-order chi connectivity index (χ1) is 9.07. The number of hydrogen-bond acceptors (Lipinski definition) is 6. The van der Waals surface area contributed by atoms with Gasteiger partial charge in [0.15, 0.2) is 0 Å². The summed E-state index contributed by atoms with van der Waals surface area (Å²) in [5.74, 6) is 0. The minimum absolute atomic E-state index is 0. The highest BCUT2D eigenvalue weighted by molar-refractivity contribution is 3.92. The molecule has 0 rings (SSSR count). The van der Waals surface area contributed by atoms with Crippen molar-refractivity contribution < 1.29 is 0 Å². The summed E-state index contributed by atoms with van der Waals surface area (Å²) >= 11 is 0. The summed E-state index contributed by atoms with van der Waals surface area (Å²) in [5, 5.41) is 13.8. The molecule has 0 aromatic rings. The first-order valence-electron chi connectivity index (χ1n) is 6.58. The Morgan fingerprint density at radius 2 is 0.400 bits per heavy atom. The van der Waals surface area contributed by atoms with Crippen molar-refractivity contribution in [3.05, 3.63) is 0 Å². The molecule has 0 unspecified atom stereocenters. The van der Waals surface area contributed by atoms with E-state index in [9.17, 15) is 0 Å². The third-order valence-corrected chi connectivity index (χ3v) is 0. The van der Waals surface area contributed by atoms with Gasteiger partial charge in [-0.25, -0.2) is 0 Å². The van der Waals surface area contributed by atoms with Crippen LogP contribution >= 0.6 is 0 Å². The number of rotatable bonds is 0. The van der Waals surface area contributed by atoms with E-state index in [1.165, 1.54) is 7.05 Å². The SMILES string of the molecule is C.CC.CN.CNC.CNC.CNC.CNC.CNC. The van der Waals surface area contributed by atoms with Crippen LogP contribution in [0.4, 0.5) is 0 Å². The maximum absolute atomic E-state index is 4.50. The van der Waals surface area contributed by atoms with Gasteiger partial charge in [0.1, 0.15) is 0 Å². The van der Waals surface area contributed by atoms with E-state index in [-0.39, 0.29) is 7.43 Å². The van der Waals surface area contributed by atoms with Gasteiger partial charge in [0, 0.05) is 0 Å². The molecule has 0 aliphatic carbocycles. The maximum atomic E-state index is 4.50. The van der Waals surface area contributed by atoms with Crippen LogP contribution in [0.5, 0.6) is 0 Å². The van der Waals surface area contributed by atoms with Crippen molar-refractivity contribution in [1.29, 1.82) is 0 Å². The summed E-state index contributed by atoms with van der Waals surface area (Å²) in [7, 11) is 20.2. The first kappa shape index (κ1) is 50.3. The summed E-state index contributed by atoms with van der Waals surface area (Å²) in [6.45, 7) is 4.00. The molecule has 0 aliphatic heterocycles. The predicted molar refractivity (Wildman–Crippen MR) is 103 cm³/mol. The fourth-order valence-electron chi connectivity index (χ4n) is 0. The van der Waals surface area contributed by atoms with Gasteiger partial charge in [-0.05, 0) is 77.5 Å². The van der Waals surface area contributed by atoms with Gasteiger partial charge in [-0.2, -0.15) is 0 Å². The summed E-state index contributed by atoms with van der Waals surface area (Å²) in [5.41, 5.74) is 4.50. The Hall–Kier alpha value is -0.240. The molecule has 0 aromatic carbocycles. The van der Waals surface area contributed by atoms with E-state index in [2.05, 4.69) is 32.3 Å². The highest BCUT2D eigenvalue weighted by atomic mass is 14.7. The van der Waals surface area contributed by atoms with E-state index >= 15 is 0 Å². The van der Waals surface area contributed by atoms with E-state index in [0.29, 0.717) is 0 Å². The molecule has 20 heavy (non-hydrogen) atoms. The van der Waals surface area contributed by atoms with E-state index in [0.717, 1.165) is 0 Å². The molecule has 6 nitrogen and oxygen atoms in total. The largest absolute Gasteiger partial charge is 0.333 e. The Morgan fingerprint density at radius 1 is 0.400 bits per heavy atom. The maximum Gasteiger partial charge on any atom is -0.0167 e. The van der Waals surface area contributed by atoms with Gasteiger partial charge >= 0.3 is 0 Å². The van der Waals surface area contributed by atoms with Gasteiger partial charge in [-0.3, -0.25) is 0 Å². The minimum atomic E-state index is 0. The average molecular weight is 303 g/mol. The third kappa shape index (κ3) is 86600. The molecular formula is C14H50N6. The zero-order valence-electron chi connectivity index (χ0n) is 16.1. The normalized spacial score (nSPS) is 5.10. The van der Waals surface area contributed by atoms with Crippen LogP contribution in [0.25, 0.3) is 0 Å². The molecule has 0 saturated carbocycles. The zero-order valence-corrected chi connectivity index (χ0v) is 16.1. The smallest absolute Gasteiger partial charge is 0.0167 e. The van der Waals surface area contributed by atoms with Gasteiger partial charge in [-0.15, -0.1) is 0 Å². The molecule has 7 N–H and O–H groups in total. The van der Waals surface area contributed by atoms with E-state index in [1.54, 1.807) is 0 Å². The van der Waals surface area contributed by atoms with Crippen molar-refractivity contribution in [2.75, 3.05) is 77.5 Å². The average Bonchev–Trinajstić information content (AvgIpc) is 2.38. The van der Waals surface area contributed by atoms with Crippen LogP contribution in [0, 0.1) is 0 Å². The van der Waals surface area contributed by atoms with Crippen LogP contribution in [0.1, 0.15) is 21.3 Å². The van der Waals surface area contributed by atoms with Crippen molar-refractivity contribution in [3.63, 3.8) is 0 Å². The van der Waals surface area contributed by atoms with Crippen LogP contribution in [-0.4, -0.2) is 77.5 Å². The van der Waals surface area contributed by atoms with Crippen LogP contribution in [0.3, 0.4) is 0 Å². The van der Waals surface area contributed by atoms with Crippen molar-refractivity contribution in [1.82, 2.24) is 26.6 Å². The van der Waals surface area contributed by atoms with Crippen molar-refractivity contribution in [2.24, 2.45) is 5.73 Å². The Morgan fingerprint density at radius 3 is 0.400 bits per heavy atom. The number of nitrogens with one attached hydrogen (secondary N) is 5. The summed E-state index contributed by atoms with van der Waals surface area (Å²) < 4.78 is 0. The monoisotopic (exact) mass is 302 g/mol. The Kier molecular flexibility index (Phi) is 657. The molecule has 0 saturated heterocycles. The fourth-order valence-corrected chi connectivity index (χ4v) is 0. The van der Waals surface area contributed by atoms with Crippen LogP contribution in [0.2, 0.25) is 0 Å². The van der Waals surface area contributed by atoms with E-state index in [1.807, 2.05) is 84.3 Å². The Balaban J connectivity index is -0.0000000140. The lowest BCUT2D eigenvalue weighted by Crippen LogP contribution is -1.89. The molecule has 0 spiro atoms. The third-order valence-electron chi connectivity index (χ3n) is 0. The second-order valence-electron chi connectivity index (χ2n) is 2.50. The quantitative estimate of drug-likeness (QED) is 0.389. The molecule has 0 bridgehead atoms. The van der Waals surface area contributed by atoms with Gasteiger partial charge < -0.3 is 32.3 Å². The van der Waals surface area contributed by atoms with Crippen LogP contribution in [-0.2, 0) is 0 Å². The molecule has 0 radical (unpaired) electrons. The molecule has 136 valence electrons. The predicted octanol–water partition coefficient (Wildman–Crippen LogP) is 0.415. The standard InChI is InChI=1S/5C2H7N.C2H6.CH5N.CH4/c5*1-3-2;2*1-2;/h5*3H,1-2H3;1-2H3;2H2,1H3;1H4. The summed E-state index contributed by atoms with van der Waals surface area (Å²) in [6, 6.07) is 0. The number of nitrogens with two attached hydrogens (primary N) is 1. The zero-order chi connectivity index (χ0) is 17.5. The van der Waals surface area contributed by atoms with Crippen molar-refractivity contribution in [2.45, 2.75) is 21.3 Å². The molecule has 6 heteroatoms. The molecule has 0 amide bonds. The van der Waals surface area contributed by atoms with E-state index < -0.39 is 0 Å². The molecule has 0 aromatic heterocycles. The van der Waals surface area contributed by atoms with Crippen LogP contribution in [0.15, 0.2) is 0 Å². The van der Waals surface area contributed by atoms with Gasteiger partial charge in [0.25, 0.3) is 0 Å². The molecular weight excluding hydrogens is 252 g/mol. The summed E-state index contributed by atoms with van der Waals surface area (Å²) in [6.07, 6.45) is 0. The highest BCUT2D eigenvalue weighted by Crippen LogP contribution is 1.14. The molecule has 0 aliphatic rings. The molecule has 0 heterocycles. The lowest BCUT2D eigenvalue weighted by Gasteiger charge is -1.59. The Bertz CT molecular complexity index is 29.2. The van der Waals surface area contributed by atoms with Crippen molar-refractivity contribution in [3.8, 4) is 0 Å².